The van der Waals surface area contributed by atoms with Crippen LogP contribution >= 0.6 is 11.3 Å². The lowest BCUT2D eigenvalue weighted by Gasteiger charge is -2.08. The number of likely N-dealkylation sites (N-methyl/N-ethyl adjacent to an activating group) is 1. The van der Waals surface area contributed by atoms with Gasteiger partial charge < -0.3 is 10.2 Å². The van der Waals surface area contributed by atoms with E-state index < -0.39 is 0 Å². The number of anilines is 1. The summed E-state index contributed by atoms with van der Waals surface area (Å²) in [5.74, 6) is 0. The van der Waals surface area contributed by atoms with Crippen molar-refractivity contribution < 1.29 is 0 Å². The molecular formula is C8H12N4S. The highest BCUT2D eigenvalue weighted by Crippen LogP contribution is 2.15. The maximum Gasteiger partial charge on any atom is 0.183 e. The van der Waals surface area contributed by atoms with Gasteiger partial charge in [-0.3, -0.25) is 0 Å². The first-order valence-electron chi connectivity index (χ1n) is 3.97. The summed E-state index contributed by atoms with van der Waals surface area (Å²) in [7, 11) is 4.04. The Balaban J connectivity index is 2.34. The second-order valence-electron chi connectivity index (χ2n) is 2.87. The van der Waals surface area contributed by atoms with Crippen LogP contribution < -0.4 is 5.32 Å². The predicted octanol–water partition coefficient (Wildman–Crippen LogP) is 0.988. The molecule has 0 spiro atoms. The van der Waals surface area contributed by atoms with E-state index in [2.05, 4.69) is 21.3 Å². The first-order chi connectivity index (χ1) is 6.22. The van der Waals surface area contributed by atoms with Crippen LogP contribution in [-0.2, 0) is 0 Å². The lowest BCUT2D eigenvalue weighted by atomic mass is 10.6. The van der Waals surface area contributed by atoms with Gasteiger partial charge in [-0.05, 0) is 14.1 Å². The van der Waals surface area contributed by atoms with Gasteiger partial charge in [-0.1, -0.05) is 11.3 Å². The number of aromatic nitrogens is 1. The van der Waals surface area contributed by atoms with E-state index in [9.17, 15) is 0 Å². The average molecular weight is 196 g/mol. The maximum absolute atomic E-state index is 8.55. The molecule has 0 saturated heterocycles. The highest BCUT2D eigenvalue weighted by molar-refractivity contribution is 7.16. The van der Waals surface area contributed by atoms with Gasteiger partial charge in [0.25, 0.3) is 0 Å². The minimum Gasteiger partial charge on any atom is -0.360 e. The third-order valence-electron chi connectivity index (χ3n) is 1.45. The Morgan fingerprint density at radius 3 is 3.00 bits per heavy atom. The van der Waals surface area contributed by atoms with Gasteiger partial charge in [-0.2, -0.15) is 5.26 Å². The SMILES string of the molecule is CN(C)CCNc1ncc(C#N)s1. The van der Waals surface area contributed by atoms with Crippen molar-refractivity contribution in [1.82, 2.24) is 9.88 Å². The number of nitrogens with zero attached hydrogens (tertiary/aromatic N) is 3. The molecule has 0 fully saturated rings. The number of rotatable bonds is 4. The molecule has 1 aromatic heterocycles. The molecule has 4 nitrogen and oxygen atoms in total. The van der Waals surface area contributed by atoms with Crippen LogP contribution in [0.5, 0.6) is 0 Å². The van der Waals surface area contributed by atoms with Crippen molar-refractivity contribution in [3.63, 3.8) is 0 Å². The molecule has 1 aromatic rings. The summed E-state index contributed by atoms with van der Waals surface area (Å²) >= 11 is 1.38. The van der Waals surface area contributed by atoms with Crippen LogP contribution in [0.3, 0.4) is 0 Å². The Morgan fingerprint density at radius 1 is 1.69 bits per heavy atom. The highest BCUT2D eigenvalue weighted by Gasteiger charge is 1.99. The van der Waals surface area contributed by atoms with Gasteiger partial charge >= 0.3 is 0 Å². The summed E-state index contributed by atoms with van der Waals surface area (Å²) < 4.78 is 0. The lowest BCUT2D eigenvalue weighted by molar-refractivity contribution is 0.425. The molecule has 70 valence electrons. The van der Waals surface area contributed by atoms with E-state index in [1.54, 1.807) is 6.20 Å². The van der Waals surface area contributed by atoms with Crippen LogP contribution in [-0.4, -0.2) is 37.1 Å². The summed E-state index contributed by atoms with van der Waals surface area (Å²) in [6, 6.07) is 2.05. The van der Waals surface area contributed by atoms with Crippen LogP contribution in [0.15, 0.2) is 6.20 Å². The molecule has 0 aromatic carbocycles. The molecule has 13 heavy (non-hydrogen) atoms. The first-order valence-corrected chi connectivity index (χ1v) is 4.78. The van der Waals surface area contributed by atoms with Crippen LogP contribution in [0.2, 0.25) is 0 Å². The Morgan fingerprint density at radius 2 is 2.46 bits per heavy atom. The Hall–Kier alpha value is -1.12. The predicted molar refractivity (Wildman–Crippen MR) is 53.9 cm³/mol. The summed E-state index contributed by atoms with van der Waals surface area (Å²) in [6.07, 6.45) is 1.59. The largest absolute Gasteiger partial charge is 0.360 e. The molecule has 0 aliphatic rings. The van der Waals surface area contributed by atoms with E-state index in [0.29, 0.717) is 4.88 Å². The second-order valence-corrected chi connectivity index (χ2v) is 3.90. The van der Waals surface area contributed by atoms with E-state index in [-0.39, 0.29) is 0 Å². The number of nitrogens with one attached hydrogen (secondary N) is 1. The van der Waals surface area contributed by atoms with Gasteiger partial charge in [0, 0.05) is 13.1 Å². The lowest BCUT2D eigenvalue weighted by Crippen LogP contribution is -2.20. The Labute approximate surface area is 81.8 Å². The minimum atomic E-state index is 0.646. The standard InChI is InChI=1S/C8H12N4S/c1-12(2)4-3-10-8-11-6-7(5-9)13-8/h6H,3-4H2,1-2H3,(H,10,11). The molecule has 1 rings (SSSR count). The molecule has 0 saturated carbocycles. The van der Waals surface area contributed by atoms with Gasteiger partial charge in [0.1, 0.15) is 10.9 Å². The van der Waals surface area contributed by atoms with Gasteiger partial charge in [0.05, 0.1) is 6.20 Å². The molecule has 0 aliphatic carbocycles. The van der Waals surface area contributed by atoms with Crippen molar-refractivity contribution in [3.8, 4) is 6.07 Å². The number of hydrogen-bond donors (Lipinski definition) is 1. The molecule has 1 N–H and O–H groups in total. The van der Waals surface area contributed by atoms with Gasteiger partial charge in [-0.25, -0.2) is 4.98 Å². The molecule has 5 heteroatoms. The van der Waals surface area contributed by atoms with Crippen LogP contribution in [0.1, 0.15) is 4.88 Å². The zero-order valence-electron chi connectivity index (χ0n) is 7.74. The first kappa shape index (κ1) is 9.96. The number of nitriles is 1. The van der Waals surface area contributed by atoms with Crippen molar-refractivity contribution in [2.45, 2.75) is 0 Å². The van der Waals surface area contributed by atoms with Crippen molar-refractivity contribution in [2.24, 2.45) is 0 Å². The molecule has 0 bridgehead atoms. The zero-order valence-corrected chi connectivity index (χ0v) is 8.56. The van der Waals surface area contributed by atoms with E-state index in [1.165, 1.54) is 11.3 Å². The third kappa shape index (κ3) is 3.40. The van der Waals surface area contributed by atoms with Crippen molar-refractivity contribution in [2.75, 3.05) is 32.5 Å². The normalized spacial score (nSPS) is 10.0. The third-order valence-corrected chi connectivity index (χ3v) is 2.31. The van der Waals surface area contributed by atoms with E-state index in [0.717, 1.165) is 18.2 Å². The summed E-state index contributed by atoms with van der Waals surface area (Å²) in [6.45, 7) is 1.81. The van der Waals surface area contributed by atoms with Gasteiger partial charge in [0.15, 0.2) is 5.13 Å². The van der Waals surface area contributed by atoms with E-state index in [4.69, 9.17) is 5.26 Å². The molecular weight excluding hydrogens is 184 g/mol. The highest BCUT2D eigenvalue weighted by atomic mass is 32.1. The smallest absolute Gasteiger partial charge is 0.183 e. The summed E-state index contributed by atoms with van der Waals surface area (Å²) in [5, 5.41) is 12.5. The minimum absolute atomic E-state index is 0.646. The van der Waals surface area contributed by atoms with Crippen LogP contribution in [0, 0.1) is 11.3 Å². The second kappa shape index (κ2) is 4.80. The Kier molecular flexibility index (Phi) is 3.68. The van der Waals surface area contributed by atoms with Crippen LogP contribution in [0.4, 0.5) is 5.13 Å². The fourth-order valence-electron chi connectivity index (χ4n) is 0.794. The molecule has 0 unspecified atom stereocenters. The fourth-order valence-corrected chi connectivity index (χ4v) is 1.43. The van der Waals surface area contributed by atoms with E-state index >= 15 is 0 Å². The summed E-state index contributed by atoms with van der Waals surface area (Å²) in [5.41, 5.74) is 0. The molecule has 0 atom stereocenters. The zero-order chi connectivity index (χ0) is 9.68. The Bertz CT molecular complexity index is 299. The number of hydrogen-bond acceptors (Lipinski definition) is 5. The maximum atomic E-state index is 8.55. The van der Waals surface area contributed by atoms with Crippen molar-refractivity contribution in [3.05, 3.63) is 11.1 Å². The molecule has 0 amide bonds. The summed E-state index contributed by atoms with van der Waals surface area (Å²) in [4.78, 5) is 6.79. The monoisotopic (exact) mass is 196 g/mol. The number of thiazole rings is 1. The molecule has 1 heterocycles. The van der Waals surface area contributed by atoms with Gasteiger partial charge in [-0.15, -0.1) is 0 Å². The molecule has 0 radical (unpaired) electrons. The van der Waals surface area contributed by atoms with Crippen molar-refractivity contribution in [1.29, 1.82) is 5.26 Å². The quantitative estimate of drug-likeness (QED) is 0.780. The van der Waals surface area contributed by atoms with Gasteiger partial charge in [0.2, 0.25) is 0 Å². The molecule has 0 aliphatic heterocycles. The fraction of sp³-hybridized carbons (Fsp3) is 0.500. The van der Waals surface area contributed by atoms with Crippen LogP contribution in [0.25, 0.3) is 0 Å². The van der Waals surface area contributed by atoms with E-state index in [1.807, 2.05) is 14.1 Å². The topological polar surface area (TPSA) is 52.0 Å². The average Bonchev–Trinajstić information content (AvgIpc) is 2.52. The van der Waals surface area contributed by atoms with Crippen molar-refractivity contribution >= 4 is 16.5 Å².